The van der Waals surface area contributed by atoms with Crippen LogP contribution in [0.4, 0.5) is 4.39 Å². The molecule has 0 saturated heterocycles. The van der Waals surface area contributed by atoms with Crippen LogP contribution < -0.4 is 0 Å². The number of nitrogens with zero attached hydrogens (tertiary/aromatic N) is 2. The normalized spacial score (nSPS) is 25.9. The highest BCUT2D eigenvalue weighted by atomic mass is 79.9. The summed E-state index contributed by atoms with van der Waals surface area (Å²) in [6.07, 6.45) is 3.59. The smallest absolute Gasteiger partial charge is 0.139 e. The van der Waals surface area contributed by atoms with Crippen molar-refractivity contribution in [2.75, 3.05) is 0 Å². The zero-order valence-corrected chi connectivity index (χ0v) is 14.6. The van der Waals surface area contributed by atoms with Crippen LogP contribution >= 0.6 is 27.5 Å². The van der Waals surface area contributed by atoms with Gasteiger partial charge in [0.15, 0.2) is 0 Å². The van der Waals surface area contributed by atoms with Gasteiger partial charge in [-0.2, -0.15) is 0 Å². The molecule has 1 heterocycles. The van der Waals surface area contributed by atoms with E-state index < -0.39 is 0 Å². The second kappa shape index (κ2) is 5.88. The molecule has 1 aromatic carbocycles. The monoisotopic (exact) mass is 372 g/mol. The van der Waals surface area contributed by atoms with Gasteiger partial charge in [0.1, 0.15) is 11.6 Å². The van der Waals surface area contributed by atoms with E-state index in [1.54, 1.807) is 0 Å². The Kier molecular flexibility index (Phi) is 4.28. The van der Waals surface area contributed by atoms with E-state index in [0.717, 1.165) is 23.7 Å². The van der Waals surface area contributed by atoms with Gasteiger partial charge in [-0.25, -0.2) is 9.37 Å². The molecule has 1 aliphatic rings. The summed E-state index contributed by atoms with van der Waals surface area (Å²) in [6, 6.07) is 3.73. The number of rotatable bonds is 3. The molecule has 0 spiro atoms. The van der Waals surface area contributed by atoms with Gasteiger partial charge in [-0.05, 0) is 46.7 Å². The third-order valence-electron chi connectivity index (χ3n) is 4.96. The molecular weight excluding hydrogens is 355 g/mol. The van der Waals surface area contributed by atoms with Gasteiger partial charge in [-0.1, -0.05) is 20.3 Å². The first kappa shape index (κ1) is 15.3. The number of alkyl halides is 1. The van der Waals surface area contributed by atoms with Crippen molar-refractivity contribution in [2.45, 2.75) is 45.0 Å². The largest absolute Gasteiger partial charge is 0.324 e. The van der Waals surface area contributed by atoms with Gasteiger partial charge in [0.05, 0.1) is 21.4 Å². The first-order valence-electron chi connectivity index (χ1n) is 7.48. The molecule has 3 rings (SSSR count). The Morgan fingerprint density at radius 3 is 2.81 bits per heavy atom. The van der Waals surface area contributed by atoms with Gasteiger partial charge in [-0.3, -0.25) is 0 Å². The van der Waals surface area contributed by atoms with E-state index >= 15 is 0 Å². The SMILES string of the molecule is CCC1CCC(n2c(CCl)nc3cc(F)c(Br)cc32)C1C. The van der Waals surface area contributed by atoms with E-state index in [1.165, 1.54) is 18.9 Å². The summed E-state index contributed by atoms with van der Waals surface area (Å²) in [6.45, 7) is 4.57. The Morgan fingerprint density at radius 1 is 1.43 bits per heavy atom. The first-order valence-corrected chi connectivity index (χ1v) is 8.81. The lowest BCUT2D eigenvalue weighted by Crippen LogP contribution is -2.17. The van der Waals surface area contributed by atoms with Crippen LogP contribution in [0.25, 0.3) is 11.0 Å². The maximum atomic E-state index is 13.7. The van der Waals surface area contributed by atoms with Gasteiger partial charge in [-0.15, -0.1) is 11.6 Å². The van der Waals surface area contributed by atoms with Crippen LogP contribution in [0.5, 0.6) is 0 Å². The van der Waals surface area contributed by atoms with Crippen LogP contribution in [-0.4, -0.2) is 9.55 Å². The van der Waals surface area contributed by atoms with E-state index in [4.69, 9.17) is 11.6 Å². The second-order valence-corrected chi connectivity index (χ2v) is 7.08. The molecule has 5 heteroatoms. The minimum atomic E-state index is -0.279. The molecule has 3 unspecified atom stereocenters. The highest BCUT2D eigenvalue weighted by Gasteiger charge is 2.34. The summed E-state index contributed by atoms with van der Waals surface area (Å²) in [5, 5.41) is 0. The van der Waals surface area contributed by atoms with E-state index in [9.17, 15) is 4.39 Å². The summed E-state index contributed by atoms with van der Waals surface area (Å²) >= 11 is 9.37. The van der Waals surface area contributed by atoms with E-state index in [1.807, 2.05) is 6.07 Å². The van der Waals surface area contributed by atoms with Crippen LogP contribution in [0.15, 0.2) is 16.6 Å². The van der Waals surface area contributed by atoms with Gasteiger partial charge < -0.3 is 4.57 Å². The average Bonchev–Trinajstić information content (AvgIpc) is 2.99. The zero-order valence-electron chi connectivity index (χ0n) is 12.2. The summed E-state index contributed by atoms with van der Waals surface area (Å²) in [5.74, 6) is 2.27. The molecule has 0 amide bonds. The quantitative estimate of drug-likeness (QED) is 0.633. The molecule has 1 fully saturated rings. The fourth-order valence-corrected chi connectivity index (χ4v) is 4.29. The number of aromatic nitrogens is 2. The van der Waals surface area contributed by atoms with Gasteiger partial charge in [0, 0.05) is 12.1 Å². The van der Waals surface area contributed by atoms with Crippen LogP contribution in [0, 0.1) is 17.7 Å². The Bertz CT molecular complexity index is 670. The standard InChI is InChI=1S/C16H19BrClFN2/c1-3-10-4-5-14(9(10)2)21-15-6-11(17)12(19)7-13(15)20-16(21)8-18/h6-7,9-10,14H,3-5,8H2,1-2H3. The van der Waals surface area contributed by atoms with Gasteiger partial charge in [0.25, 0.3) is 0 Å². The molecule has 0 aliphatic heterocycles. The number of benzene rings is 1. The zero-order chi connectivity index (χ0) is 15.1. The third kappa shape index (κ3) is 2.50. The highest BCUT2D eigenvalue weighted by Crippen LogP contribution is 2.44. The molecule has 2 nitrogen and oxygen atoms in total. The fraction of sp³-hybridized carbons (Fsp3) is 0.562. The summed E-state index contributed by atoms with van der Waals surface area (Å²) in [7, 11) is 0. The lowest BCUT2D eigenvalue weighted by molar-refractivity contribution is 0.330. The Hall–Kier alpha value is -0.610. The maximum absolute atomic E-state index is 13.7. The molecule has 1 aliphatic carbocycles. The van der Waals surface area contributed by atoms with Crippen LogP contribution in [0.3, 0.4) is 0 Å². The minimum absolute atomic E-state index is 0.279. The molecule has 114 valence electrons. The van der Waals surface area contributed by atoms with Crippen molar-refractivity contribution in [3.8, 4) is 0 Å². The molecule has 1 saturated carbocycles. The van der Waals surface area contributed by atoms with Crippen molar-refractivity contribution in [1.29, 1.82) is 0 Å². The lowest BCUT2D eigenvalue weighted by atomic mass is 9.93. The minimum Gasteiger partial charge on any atom is -0.324 e. The topological polar surface area (TPSA) is 17.8 Å². The van der Waals surface area contributed by atoms with Gasteiger partial charge in [0.2, 0.25) is 0 Å². The molecule has 0 radical (unpaired) electrons. The Morgan fingerprint density at radius 2 is 2.19 bits per heavy atom. The third-order valence-corrected chi connectivity index (χ3v) is 5.81. The van der Waals surface area contributed by atoms with Crippen molar-refractivity contribution < 1.29 is 4.39 Å². The molecule has 21 heavy (non-hydrogen) atoms. The van der Waals surface area contributed by atoms with Crippen molar-refractivity contribution in [2.24, 2.45) is 11.8 Å². The second-order valence-electron chi connectivity index (χ2n) is 5.96. The predicted octanol–water partition coefficient (Wildman–Crippen LogP) is 5.67. The van der Waals surface area contributed by atoms with Crippen LogP contribution in [0.1, 0.15) is 45.0 Å². The lowest BCUT2D eigenvalue weighted by Gasteiger charge is -2.23. The number of fused-ring (bicyclic) bond motifs is 1. The van der Waals surface area contributed by atoms with Crippen molar-refractivity contribution in [3.63, 3.8) is 0 Å². The Labute approximate surface area is 137 Å². The summed E-state index contributed by atoms with van der Waals surface area (Å²) < 4.78 is 16.5. The first-order chi connectivity index (χ1) is 10.1. The molecular formula is C16H19BrClFN2. The van der Waals surface area contributed by atoms with Crippen LogP contribution in [-0.2, 0) is 5.88 Å². The molecule has 3 atom stereocenters. The predicted molar refractivity (Wildman–Crippen MR) is 88.2 cm³/mol. The van der Waals surface area contributed by atoms with E-state index in [-0.39, 0.29) is 5.82 Å². The number of hydrogen-bond donors (Lipinski definition) is 0. The van der Waals surface area contributed by atoms with Gasteiger partial charge >= 0.3 is 0 Å². The van der Waals surface area contributed by atoms with E-state index in [2.05, 4.69) is 39.3 Å². The number of hydrogen-bond acceptors (Lipinski definition) is 1. The van der Waals surface area contributed by atoms with E-state index in [0.29, 0.717) is 27.8 Å². The average molecular weight is 374 g/mol. The maximum Gasteiger partial charge on any atom is 0.139 e. The van der Waals surface area contributed by atoms with Crippen molar-refractivity contribution in [3.05, 3.63) is 28.2 Å². The van der Waals surface area contributed by atoms with Crippen LogP contribution in [0.2, 0.25) is 0 Å². The molecule has 0 N–H and O–H groups in total. The molecule has 2 aromatic rings. The number of imidazole rings is 1. The molecule has 0 bridgehead atoms. The van der Waals surface area contributed by atoms with Crippen molar-refractivity contribution in [1.82, 2.24) is 9.55 Å². The summed E-state index contributed by atoms with van der Waals surface area (Å²) in [5.41, 5.74) is 1.67. The van der Waals surface area contributed by atoms with Crippen molar-refractivity contribution >= 4 is 38.6 Å². The molecule has 1 aromatic heterocycles. The Balaban J connectivity index is 2.15. The fourth-order valence-electron chi connectivity index (χ4n) is 3.77. The highest BCUT2D eigenvalue weighted by molar-refractivity contribution is 9.10. The number of halogens is 3. The summed E-state index contributed by atoms with van der Waals surface area (Å²) in [4.78, 5) is 4.53.